The highest BCUT2D eigenvalue weighted by Gasteiger charge is 2.27. The maximum Gasteiger partial charge on any atom is 0.309 e. The van der Waals surface area contributed by atoms with Gasteiger partial charge < -0.3 is 14.4 Å². The monoisotopic (exact) mass is 383 g/mol. The van der Waals surface area contributed by atoms with Gasteiger partial charge >= 0.3 is 5.97 Å². The van der Waals surface area contributed by atoms with Crippen LogP contribution in [-0.4, -0.2) is 49.8 Å². The van der Waals surface area contributed by atoms with Crippen molar-refractivity contribution in [2.24, 2.45) is 5.92 Å². The van der Waals surface area contributed by atoms with Crippen LogP contribution in [0.5, 0.6) is 0 Å². The Morgan fingerprint density at radius 2 is 1.96 bits per heavy atom. The third-order valence-corrected chi connectivity index (χ3v) is 5.80. The van der Waals surface area contributed by atoms with Gasteiger partial charge in [0.15, 0.2) is 0 Å². The van der Waals surface area contributed by atoms with Crippen molar-refractivity contribution in [3.8, 4) is 0 Å². The van der Waals surface area contributed by atoms with Gasteiger partial charge in [0.25, 0.3) is 0 Å². The number of benzene rings is 2. The quantitative estimate of drug-likeness (QED) is 0.568. The van der Waals surface area contributed by atoms with Gasteiger partial charge in [0, 0.05) is 13.2 Å². The Balaban J connectivity index is 1.69. The number of likely N-dealkylation sites (N-methyl/N-ethyl adjacent to an activating group) is 1. The van der Waals surface area contributed by atoms with Crippen LogP contribution >= 0.6 is 0 Å². The molecule has 1 fully saturated rings. The molecule has 28 heavy (non-hydrogen) atoms. The third-order valence-electron chi connectivity index (χ3n) is 5.80. The van der Waals surface area contributed by atoms with Crippen LogP contribution in [0.1, 0.15) is 38.7 Å². The average Bonchev–Trinajstić information content (AvgIpc) is 3.24. The summed E-state index contributed by atoms with van der Waals surface area (Å²) in [6.07, 6.45) is 3.75. The maximum absolute atomic E-state index is 12.9. The van der Waals surface area contributed by atoms with Crippen molar-refractivity contribution < 1.29 is 14.3 Å². The van der Waals surface area contributed by atoms with E-state index in [2.05, 4.69) is 61.2 Å². The van der Waals surface area contributed by atoms with Crippen molar-refractivity contribution >= 4 is 16.7 Å². The minimum Gasteiger partial charge on any atom is -0.464 e. The summed E-state index contributed by atoms with van der Waals surface area (Å²) >= 11 is 0. The van der Waals surface area contributed by atoms with E-state index in [9.17, 15) is 4.79 Å². The highest BCUT2D eigenvalue weighted by atomic mass is 16.5. The largest absolute Gasteiger partial charge is 0.464 e. The molecule has 3 rings (SSSR count). The zero-order valence-corrected chi connectivity index (χ0v) is 17.2. The highest BCUT2D eigenvalue weighted by Crippen LogP contribution is 2.27. The molecule has 0 bridgehead atoms. The van der Waals surface area contributed by atoms with Gasteiger partial charge in [0.2, 0.25) is 0 Å². The lowest BCUT2D eigenvalue weighted by atomic mass is 9.90. The van der Waals surface area contributed by atoms with Crippen molar-refractivity contribution in [2.75, 3.05) is 32.8 Å². The fraction of sp³-hybridized carbons (Fsp3) is 0.542. The zero-order chi connectivity index (χ0) is 19.8. The summed E-state index contributed by atoms with van der Waals surface area (Å²) in [4.78, 5) is 15.2. The number of carbonyl (C=O) groups is 1. The first kappa shape index (κ1) is 20.8. The van der Waals surface area contributed by atoms with Crippen LogP contribution < -0.4 is 0 Å². The molecule has 0 amide bonds. The minimum absolute atomic E-state index is 0.0874. The summed E-state index contributed by atoms with van der Waals surface area (Å²) in [7, 11) is 0. The first-order valence-corrected chi connectivity index (χ1v) is 10.7. The van der Waals surface area contributed by atoms with Gasteiger partial charge in [-0.3, -0.25) is 4.79 Å². The Morgan fingerprint density at radius 3 is 2.71 bits per heavy atom. The molecule has 4 nitrogen and oxygen atoms in total. The SMILES string of the molecule is CCN(CC)CCOC(=O)[C@H](Cc1cccc2ccccc12)C[C@@H]1CCCO1. The molecule has 2 atom stereocenters. The maximum atomic E-state index is 12.9. The number of esters is 1. The zero-order valence-electron chi connectivity index (χ0n) is 17.2. The Labute approximate surface area is 168 Å². The lowest BCUT2D eigenvalue weighted by Crippen LogP contribution is -2.30. The average molecular weight is 384 g/mol. The van der Waals surface area contributed by atoms with Gasteiger partial charge in [-0.1, -0.05) is 56.3 Å². The van der Waals surface area contributed by atoms with Crippen LogP contribution in [0.15, 0.2) is 42.5 Å². The van der Waals surface area contributed by atoms with Gasteiger partial charge in [0.1, 0.15) is 6.61 Å². The van der Waals surface area contributed by atoms with E-state index in [4.69, 9.17) is 9.47 Å². The molecule has 1 aliphatic rings. The van der Waals surface area contributed by atoms with Gasteiger partial charge in [0.05, 0.1) is 12.0 Å². The molecule has 1 heterocycles. The van der Waals surface area contributed by atoms with Gasteiger partial charge in [-0.15, -0.1) is 0 Å². The first-order chi connectivity index (χ1) is 13.7. The summed E-state index contributed by atoms with van der Waals surface area (Å²) in [5, 5.41) is 2.43. The molecule has 1 aliphatic heterocycles. The normalized spacial score (nSPS) is 17.9. The van der Waals surface area contributed by atoms with Crippen LogP contribution in [-0.2, 0) is 20.7 Å². The lowest BCUT2D eigenvalue weighted by Gasteiger charge is -2.22. The highest BCUT2D eigenvalue weighted by molar-refractivity contribution is 5.86. The fourth-order valence-corrected chi connectivity index (χ4v) is 4.08. The molecular formula is C24H33NO3. The third kappa shape index (κ3) is 5.55. The number of nitrogens with zero attached hydrogens (tertiary/aromatic N) is 1. The standard InChI is InChI=1S/C24H33NO3/c1-3-25(4-2)14-16-28-24(26)21(18-22-12-8-15-27-22)17-20-11-7-10-19-9-5-6-13-23(19)20/h5-7,9-11,13,21-22H,3-4,8,12,14-18H2,1-2H3/t21-,22+/m1/s1. The van der Waals surface area contributed by atoms with E-state index in [0.717, 1.165) is 45.5 Å². The second-order valence-electron chi connectivity index (χ2n) is 7.60. The molecule has 0 aromatic heterocycles. The Hall–Kier alpha value is -1.91. The predicted molar refractivity (Wildman–Crippen MR) is 113 cm³/mol. The summed E-state index contributed by atoms with van der Waals surface area (Å²) in [5.41, 5.74) is 1.21. The molecule has 0 aliphatic carbocycles. The topological polar surface area (TPSA) is 38.8 Å². The molecule has 1 saturated heterocycles. The molecule has 152 valence electrons. The molecule has 0 unspecified atom stereocenters. The van der Waals surface area contributed by atoms with Crippen molar-refractivity contribution in [3.63, 3.8) is 0 Å². The Bertz CT molecular complexity index is 745. The molecular weight excluding hydrogens is 350 g/mol. The molecule has 0 spiro atoms. The Kier molecular flexibility index (Phi) is 7.87. The number of carbonyl (C=O) groups excluding carboxylic acids is 1. The van der Waals surface area contributed by atoms with E-state index >= 15 is 0 Å². The van der Waals surface area contributed by atoms with Crippen LogP contribution in [0.2, 0.25) is 0 Å². The second kappa shape index (κ2) is 10.6. The lowest BCUT2D eigenvalue weighted by molar-refractivity contribution is -0.150. The number of rotatable bonds is 10. The van der Waals surface area contributed by atoms with E-state index in [1.165, 1.54) is 16.3 Å². The molecule has 4 heteroatoms. The fourth-order valence-electron chi connectivity index (χ4n) is 4.08. The van der Waals surface area contributed by atoms with Crippen molar-refractivity contribution in [3.05, 3.63) is 48.0 Å². The van der Waals surface area contributed by atoms with E-state index in [0.29, 0.717) is 13.0 Å². The van der Waals surface area contributed by atoms with Crippen LogP contribution in [0.3, 0.4) is 0 Å². The Morgan fingerprint density at radius 1 is 1.18 bits per heavy atom. The smallest absolute Gasteiger partial charge is 0.309 e. The molecule has 2 aromatic rings. The van der Waals surface area contributed by atoms with Crippen molar-refractivity contribution in [1.82, 2.24) is 4.90 Å². The van der Waals surface area contributed by atoms with Crippen LogP contribution in [0.4, 0.5) is 0 Å². The molecule has 0 N–H and O–H groups in total. The minimum atomic E-state index is -0.161. The van der Waals surface area contributed by atoms with Crippen molar-refractivity contribution in [1.29, 1.82) is 0 Å². The van der Waals surface area contributed by atoms with E-state index in [1.54, 1.807) is 0 Å². The number of hydrogen-bond donors (Lipinski definition) is 0. The second-order valence-corrected chi connectivity index (χ2v) is 7.60. The predicted octanol–water partition coefficient (Wildman–Crippen LogP) is 4.45. The number of fused-ring (bicyclic) bond motifs is 1. The van der Waals surface area contributed by atoms with E-state index in [1.807, 2.05) is 0 Å². The van der Waals surface area contributed by atoms with E-state index < -0.39 is 0 Å². The first-order valence-electron chi connectivity index (χ1n) is 10.7. The van der Waals surface area contributed by atoms with Gasteiger partial charge in [-0.2, -0.15) is 0 Å². The number of hydrogen-bond acceptors (Lipinski definition) is 4. The number of ether oxygens (including phenoxy) is 2. The molecule has 0 radical (unpaired) electrons. The van der Waals surface area contributed by atoms with Gasteiger partial charge in [-0.25, -0.2) is 0 Å². The van der Waals surface area contributed by atoms with Crippen LogP contribution in [0, 0.1) is 5.92 Å². The summed E-state index contributed by atoms with van der Waals surface area (Å²) < 4.78 is 11.5. The van der Waals surface area contributed by atoms with Crippen molar-refractivity contribution in [2.45, 2.75) is 45.6 Å². The van der Waals surface area contributed by atoms with Gasteiger partial charge in [-0.05, 0) is 55.1 Å². The molecule has 0 saturated carbocycles. The van der Waals surface area contributed by atoms with Crippen LogP contribution in [0.25, 0.3) is 10.8 Å². The summed E-state index contributed by atoms with van der Waals surface area (Å²) in [6, 6.07) is 14.7. The molecule has 2 aromatic carbocycles. The summed E-state index contributed by atoms with van der Waals surface area (Å²) in [5.74, 6) is -0.249. The summed E-state index contributed by atoms with van der Waals surface area (Å²) in [6.45, 7) is 8.27. The van der Waals surface area contributed by atoms with E-state index in [-0.39, 0.29) is 18.0 Å².